The Morgan fingerprint density at radius 2 is 2.07 bits per heavy atom. The summed E-state index contributed by atoms with van der Waals surface area (Å²) in [6.45, 7) is 5.90. The number of carbonyl (C=O) groups excluding carboxylic acids is 3. The van der Waals surface area contributed by atoms with E-state index in [1.54, 1.807) is 13.0 Å². The normalized spacial score (nSPS) is 15.0. The molecule has 0 radical (unpaired) electrons. The van der Waals surface area contributed by atoms with E-state index in [2.05, 4.69) is 5.32 Å². The Morgan fingerprint density at radius 1 is 1.30 bits per heavy atom. The van der Waals surface area contributed by atoms with Crippen LogP contribution in [-0.2, 0) is 20.7 Å². The fourth-order valence-electron chi connectivity index (χ4n) is 2.58. The van der Waals surface area contributed by atoms with Crippen molar-refractivity contribution in [2.24, 2.45) is 0 Å². The summed E-state index contributed by atoms with van der Waals surface area (Å²) in [7, 11) is 0. The zero-order valence-electron chi connectivity index (χ0n) is 15.7. The van der Waals surface area contributed by atoms with Crippen LogP contribution >= 0.6 is 0 Å². The van der Waals surface area contributed by atoms with E-state index in [1.165, 1.54) is 6.08 Å². The van der Waals surface area contributed by atoms with Crippen LogP contribution < -0.4 is 20.1 Å². The highest BCUT2D eigenvalue weighted by Crippen LogP contribution is 2.35. The van der Waals surface area contributed by atoms with Crippen LogP contribution in [0.3, 0.4) is 0 Å². The number of rotatable bonds is 7. The Bertz CT molecular complexity index is 744. The second kappa shape index (κ2) is 9.61. The van der Waals surface area contributed by atoms with Crippen LogP contribution in [0.15, 0.2) is 18.2 Å². The van der Waals surface area contributed by atoms with Crippen molar-refractivity contribution in [2.45, 2.75) is 33.3 Å². The predicted octanol–water partition coefficient (Wildman–Crippen LogP) is 1.81. The monoisotopic (exact) mass is 376 g/mol. The number of nitrogens with one attached hydrogen (secondary N) is 2. The van der Waals surface area contributed by atoms with Gasteiger partial charge in [0, 0.05) is 30.2 Å². The van der Waals surface area contributed by atoms with E-state index in [0.29, 0.717) is 24.5 Å². The molecule has 1 aromatic rings. The lowest BCUT2D eigenvalue weighted by Crippen LogP contribution is -2.41. The van der Waals surface area contributed by atoms with Gasteiger partial charge in [0.1, 0.15) is 17.6 Å². The van der Waals surface area contributed by atoms with E-state index in [-0.39, 0.29) is 6.10 Å². The zero-order valence-corrected chi connectivity index (χ0v) is 15.7. The van der Waals surface area contributed by atoms with Crippen LogP contribution in [0.4, 0.5) is 4.79 Å². The van der Waals surface area contributed by atoms with Gasteiger partial charge in [-0.15, -0.1) is 0 Å². The summed E-state index contributed by atoms with van der Waals surface area (Å²) in [6.07, 6.45) is 3.65. The number of urea groups is 1. The highest BCUT2D eigenvalue weighted by atomic mass is 16.5. The fraction of sp³-hybridized carbons (Fsp3) is 0.421. The lowest BCUT2D eigenvalue weighted by atomic mass is 10.1. The van der Waals surface area contributed by atoms with Gasteiger partial charge in [-0.3, -0.25) is 10.1 Å². The number of esters is 1. The molecule has 0 bridgehead atoms. The van der Waals surface area contributed by atoms with Crippen LogP contribution in [0.25, 0.3) is 6.08 Å². The summed E-state index contributed by atoms with van der Waals surface area (Å²) in [5, 5.41) is 4.44. The quantitative estimate of drug-likeness (QED) is 0.556. The van der Waals surface area contributed by atoms with E-state index in [1.807, 2.05) is 31.3 Å². The van der Waals surface area contributed by atoms with Crippen LogP contribution in [0.2, 0.25) is 0 Å². The largest absolute Gasteiger partial charge is 0.493 e. The third-order valence-electron chi connectivity index (χ3n) is 3.66. The number of fused-ring (bicyclic) bond motifs is 1. The maximum atomic E-state index is 11.8. The molecule has 1 atom stereocenters. The van der Waals surface area contributed by atoms with E-state index in [9.17, 15) is 14.4 Å². The van der Waals surface area contributed by atoms with Gasteiger partial charge in [0.2, 0.25) is 0 Å². The molecular weight excluding hydrogens is 352 g/mol. The van der Waals surface area contributed by atoms with Crippen molar-refractivity contribution < 1.29 is 28.6 Å². The van der Waals surface area contributed by atoms with Gasteiger partial charge in [-0.25, -0.2) is 9.59 Å². The van der Waals surface area contributed by atoms with E-state index in [4.69, 9.17) is 14.2 Å². The van der Waals surface area contributed by atoms with Gasteiger partial charge in [0.15, 0.2) is 6.61 Å². The van der Waals surface area contributed by atoms with Gasteiger partial charge in [-0.2, -0.15) is 0 Å². The summed E-state index contributed by atoms with van der Waals surface area (Å²) in [5.41, 5.74) is 1.74. The molecule has 0 aromatic heterocycles. The number of imide groups is 1. The predicted molar refractivity (Wildman–Crippen MR) is 98.6 cm³/mol. The topological polar surface area (TPSA) is 103 Å². The molecule has 8 nitrogen and oxygen atoms in total. The van der Waals surface area contributed by atoms with E-state index in [0.717, 1.165) is 17.7 Å². The maximum Gasteiger partial charge on any atom is 0.331 e. The number of hydrogen-bond acceptors (Lipinski definition) is 6. The SMILES string of the molecule is CCNC(=O)NC(=O)COC(=O)/C=C/c1cc2c(cc1OCC)C[C@H](C)O2. The first-order valence-electron chi connectivity index (χ1n) is 8.81. The fourth-order valence-corrected chi connectivity index (χ4v) is 2.58. The van der Waals surface area contributed by atoms with Crippen molar-refractivity contribution in [3.05, 3.63) is 29.3 Å². The van der Waals surface area contributed by atoms with Crippen LogP contribution in [-0.4, -0.2) is 43.8 Å². The molecule has 0 saturated carbocycles. The van der Waals surface area contributed by atoms with Crippen molar-refractivity contribution in [3.8, 4) is 11.5 Å². The highest BCUT2D eigenvalue weighted by molar-refractivity contribution is 5.96. The molecule has 1 aliphatic heterocycles. The molecular formula is C19H24N2O6. The summed E-state index contributed by atoms with van der Waals surface area (Å²) in [5.74, 6) is -0.0110. The standard InChI is InChI=1S/C19H24N2O6/c1-4-20-19(24)21-17(22)11-26-18(23)7-6-13-9-16-14(8-12(3)27-16)10-15(13)25-5-2/h6-7,9-10,12H,4-5,8,11H2,1-3H3,(H2,20,21,22,24)/b7-6+/t12-/m0/s1. The lowest BCUT2D eigenvalue weighted by molar-refractivity contribution is -0.143. The number of benzene rings is 1. The van der Waals surface area contributed by atoms with E-state index < -0.39 is 24.5 Å². The molecule has 3 amide bonds. The zero-order chi connectivity index (χ0) is 19.8. The van der Waals surface area contributed by atoms with Gasteiger partial charge < -0.3 is 19.5 Å². The molecule has 0 aliphatic carbocycles. The number of amides is 3. The Hall–Kier alpha value is -3.03. The third kappa shape index (κ3) is 6.02. The molecule has 2 rings (SSSR count). The summed E-state index contributed by atoms with van der Waals surface area (Å²) in [6, 6.07) is 3.09. The highest BCUT2D eigenvalue weighted by Gasteiger charge is 2.21. The van der Waals surface area contributed by atoms with Crippen molar-refractivity contribution in [3.63, 3.8) is 0 Å². The average Bonchev–Trinajstić information content (AvgIpc) is 2.97. The number of carbonyl (C=O) groups is 3. The van der Waals surface area contributed by atoms with Gasteiger partial charge in [0.25, 0.3) is 5.91 Å². The molecule has 1 heterocycles. The summed E-state index contributed by atoms with van der Waals surface area (Å²) in [4.78, 5) is 34.5. The number of ether oxygens (including phenoxy) is 3. The molecule has 0 fully saturated rings. The summed E-state index contributed by atoms with van der Waals surface area (Å²) < 4.78 is 16.2. The first-order chi connectivity index (χ1) is 12.9. The molecule has 8 heteroatoms. The minimum absolute atomic E-state index is 0.0992. The molecule has 1 aliphatic rings. The Balaban J connectivity index is 1.96. The first-order valence-corrected chi connectivity index (χ1v) is 8.81. The van der Waals surface area contributed by atoms with Crippen molar-refractivity contribution >= 4 is 24.0 Å². The molecule has 1 aromatic carbocycles. The Labute approximate surface area is 157 Å². The maximum absolute atomic E-state index is 11.8. The second-order valence-electron chi connectivity index (χ2n) is 5.91. The molecule has 0 unspecified atom stereocenters. The molecule has 27 heavy (non-hydrogen) atoms. The van der Waals surface area contributed by atoms with E-state index >= 15 is 0 Å². The third-order valence-corrected chi connectivity index (χ3v) is 3.66. The lowest BCUT2D eigenvalue weighted by Gasteiger charge is -2.10. The smallest absolute Gasteiger partial charge is 0.331 e. The minimum atomic E-state index is -0.711. The van der Waals surface area contributed by atoms with Crippen LogP contribution in [0.5, 0.6) is 11.5 Å². The van der Waals surface area contributed by atoms with Gasteiger partial charge >= 0.3 is 12.0 Å². The van der Waals surface area contributed by atoms with Crippen LogP contribution in [0.1, 0.15) is 31.9 Å². The average molecular weight is 376 g/mol. The Kier molecular flexibility index (Phi) is 7.22. The second-order valence-corrected chi connectivity index (χ2v) is 5.91. The van der Waals surface area contributed by atoms with Gasteiger partial charge in [-0.05, 0) is 39.0 Å². The Morgan fingerprint density at radius 3 is 2.78 bits per heavy atom. The summed E-state index contributed by atoms with van der Waals surface area (Å²) >= 11 is 0. The van der Waals surface area contributed by atoms with Crippen LogP contribution in [0, 0.1) is 0 Å². The van der Waals surface area contributed by atoms with Gasteiger partial charge in [0.05, 0.1) is 6.61 Å². The number of hydrogen-bond donors (Lipinski definition) is 2. The molecule has 146 valence electrons. The van der Waals surface area contributed by atoms with Crippen molar-refractivity contribution in [1.29, 1.82) is 0 Å². The molecule has 2 N–H and O–H groups in total. The molecule has 0 saturated heterocycles. The minimum Gasteiger partial charge on any atom is -0.493 e. The van der Waals surface area contributed by atoms with Gasteiger partial charge in [-0.1, -0.05) is 0 Å². The van der Waals surface area contributed by atoms with Crippen molar-refractivity contribution in [2.75, 3.05) is 19.8 Å². The first kappa shape index (κ1) is 20.3. The molecule has 0 spiro atoms. The van der Waals surface area contributed by atoms with Crippen molar-refractivity contribution in [1.82, 2.24) is 10.6 Å².